The lowest BCUT2D eigenvalue weighted by molar-refractivity contribution is -0.132. The Kier molecular flexibility index (Phi) is 5.01. The quantitative estimate of drug-likeness (QED) is 0.892. The Morgan fingerprint density at radius 3 is 2.64 bits per heavy atom. The standard InChI is InChI=1S/C16H25N3O3/c1-11(2)7-14(20)19-6-5-16(21,9-19)10-22-15-17-12(3)8-13(4)18-15/h8,11,21H,5-7,9-10H2,1-4H3/t16-/m1/s1. The highest BCUT2D eigenvalue weighted by Crippen LogP contribution is 2.23. The number of rotatable bonds is 5. The van der Waals surface area contributed by atoms with Gasteiger partial charge in [0.25, 0.3) is 0 Å². The molecule has 22 heavy (non-hydrogen) atoms. The van der Waals surface area contributed by atoms with Gasteiger partial charge in [0.1, 0.15) is 12.2 Å². The second-order valence-corrected chi connectivity index (χ2v) is 6.61. The summed E-state index contributed by atoms with van der Waals surface area (Å²) >= 11 is 0. The molecular weight excluding hydrogens is 282 g/mol. The normalized spacial score (nSPS) is 21.5. The second-order valence-electron chi connectivity index (χ2n) is 6.61. The molecule has 1 atom stereocenters. The summed E-state index contributed by atoms with van der Waals surface area (Å²) in [5, 5.41) is 10.6. The molecule has 0 unspecified atom stereocenters. The molecule has 1 aliphatic heterocycles. The third-order valence-electron chi connectivity index (χ3n) is 3.70. The highest BCUT2D eigenvalue weighted by Gasteiger charge is 2.39. The summed E-state index contributed by atoms with van der Waals surface area (Å²) in [6.45, 7) is 8.75. The molecule has 2 rings (SSSR count). The lowest BCUT2D eigenvalue weighted by Crippen LogP contribution is -2.41. The first-order chi connectivity index (χ1) is 10.3. The van der Waals surface area contributed by atoms with E-state index in [2.05, 4.69) is 9.97 Å². The predicted octanol–water partition coefficient (Wildman–Crippen LogP) is 1.48. The van der Waals surface area contributed by atoms with Crippen molar-refractivity contribution in [2.24, 2.45) is 5.92 Å². The van der Waals surface area contributed by atoms with Gasteiger partial charge in [0, 0.05) is 24.4 Å². The number of hydrogen-bond acceptors (Lipinski definition) is 5. The van der Waals surface area contributed by atoms with Crippen LogP contribution >= 0.6 is 0 Å². The number of aryl methyl sites for hydroxylation is 2. The molecular formula is C16H25N3O3. The predicted molar refractivity (Wildman–Crippen MR) is 82.6 cm³/mol. The van der Waals surface area contributed by atoms with E-state index in [0.717, 1.165) is 11.4 Å². The third kappa shape index (κ3) is 4.40. The third-order valence-corrected chi connectivity index (χ3v) is 3.70. The van der Waals surface area contributed by atoms with Crippen LogP contribution in [0.4, 0.5) is 0 Å². The van der Waals surface area contributed by atoms with E-state index in [-0.39, 0.29) is 18.5 Å². The minimum atomic E-state index is -1.02. The molecule has 2 heterocycles. The molecule has 1 aliphatic rings. The number of β-amino-alcohol motifs (C(OH)–C–C–N with tert-alkyl or cyclic N) is 1. The van der Waals surface area contributed by atoms with E-state index in [1.165, 1.54) is 0 Å². The molecule has 1 aromatic rings. The number of nitrogens with zero attached hydrogens (tertiary/aromatic N) is 3. The maximum atomic E-state index is 12.1. The van der Waals surface area contributed by atoms with Crippen molar-refractivity contribution in [3.05, 3.63) is 17.5 Å². The minimum Gasteiger partial charge on any atom is -0.460 e. The SMILES string of the molecule is Cc1cc(C)nc(OC[C@@]2(O)CCN(C(=O)CC(C)C)C2)n1. The van der Waals surface area contributed by atoms with Crippen molar-refractivity contribution in [1.29, 1.82) is 0 Å². The fourth-order valence-electron chi connectivity index (χ4n) is 2.62. The minimum absolute atomic E-state index is 0.0913. The number of carbonyl (C=O) groups is 1. The lowest BCUT2D eigenvalue weighted by atomic mass is 10.1. The smallest absolute Gasteiger partial charge is 0.316 e. The molecule has 0 bridgehead atoms. The summed E-state index contributed by atoms with van der Waals surface area (Å²) < 4.78 is 5.55. The zero-order chi connectivity index (χ0) is 16.3. The van der Waals surface area contributed by atoms with Gasteiger partial charge in [0.2, 0.25) is 5.91 Å². The summed E-state index contributed by atoms with van der Waals surface area (Å²) in [4.78, 5) is 22.2. The van der Waals surface area contributed by atoms with Crippen LogP contribution in [0, 0.1) is 19.8 Å². The average molecular weight is 307 g/mol. The zero-order valence-electron chi connectivity index (χ0n) is 13.8. The van der Waals surface area contributed by atoms with E-state index in [1.807, 2.05) is 33.8 Å². The Morgan fingerprint density at radius 2 is 2.05 bits per heavy atom. The zero-order valence-corrected chi connectivity index (χ0v) is 13.8. The van der Waals surface area contributed by atoms with Crippen molar-refractivity contribution in [3.63, 3.8) is 0 Å². The van der Waals surface area contributed by atoms with Gasteiger partial charge in [0.05, 0.1) is 6.54 Å². The number of carbonyl (C=O) groups excluding carboxylic acids is 1. The molecule has 1 fully saturated rings. The van der Waals surface area contributed by atoms with Gasteiger partial charge in [-0.3, -0.25) is 4.79 Å². The van der Waals surface area contributed by atoms with E-state index in [4.69, 9.17) is 4.74 Å². The van der Waals surface area contributed by atoms with Crippen molar-refractivity contribution < 1.29 is 14.6 Å². The first-order valence-corrected chi connectivity index (χ1v) is 7.73. The van der Waals surface area contributed by atoms with E-state index in [9.17, 15) is 9.90 Å². The molecule has 0 aliphatic carbocycles. The maximum Gasteiger partial charge on any atom is 0.316 e. The average Bonchev–Trinajstić information content (AvgIpc) is 2.78. The molecule has 0 aromatic carbocycles. The van der Waals surface area contributed by atoms with Crippen molar-refractivity contribution in [1.82, 2.24) is 14.9 Å². The van der Waals surface area contributed by atoms with Gasteiger partial charge in [0.15, 0.2) is 0 Å². The van der Waals surface area contributed by atoms with Gasteiger partial charge in [-0.2, -0.15) is 0 Å². The topological polar surface area (TPSA) is 75.6 Å². The molecule has 0 radical (unpaired) electrons. The summed E-state index contributed by atoms with van der Waals surface area (Å²) in [6.07, 6.45) is 1.03. The molecule has 0 saturated carbocycles. The molecule has 1 saturated heterocycles. The number of hydrogen-bond donors (Lipinski definition) is 1. The van der Waals surface area contributed by atoms with Crippen molar-refractivity contribution >= 4 is 5.91 Å². The molecule has 1 aromatic heterocycles. The Bertz CT molecular complexity index is 527. The maximum absolute atomic E-state index is 12.1. The van der Waals surface area contributed by atoms with E-state index in [1.54, 1.807) is 4.90 Å². The number of aliphatic hydroxyl groups is 1. The van der Waals surface area contributed by atoms with E-state index in [0.29, 0.717) is 31.8 Å². The second kappa shape index (κ2) is 6.60. The van der Waals surface area contributed by atoms with Crippen LogP contribution in [-0.4, -0.2) is 51.2 Å². The Balaban J connectivity index is 1.91. The van der Waals surface area contributed by atoms with Crippen molar-refractivity contribution in [2.45, 2.75) is 46.1 Å². The van der Waals surface area contributed by atoms with Crippen LogP contribution < -0.4 is 4.74 Å². The number of amides is 1. The van der Waals surface area contributed by atoms with Crippen LogP contribution in [0.3, 0.4) is 0 Å². The highest BCUT2D eigenvalue weighted by atomic mass is 16.5. The lowest BCUT2D eigenvalue weighted by Gasteiger charge is -2.23. The van der Waals surface area contributed by atoms with Crippen molar-refractivity contribution in [2.75, 3.05) is 19.7 Å². The largest absolute Gasteiger partial charge is 0.460 e. The van der Waals surface area contributed by atoms with Gasteiger partial charge in [-0.25, -0.2) is 9.97 Å². The van der Waals surface area contributed by atoms with Crippen LogP contribution in [0.25, 0.3) is 0 Å². The molecule has 1 N–H and O–H groups in total. The Morgan fingerprint density at radius 1 is 1.41 bits per heavy atom. The van der Waals surface area contributed by atoms with Crippen LogP contribution in [0.1, 0.15) is 38.1 Å². The van der Waals surface area contributed by atoms with Gasteiger partial charge < -0.3 is 14.7 Å². The fourth-order valence-corrected chi connectivity index (χ4v) is 2.62. The van der Waals surface area contributed by atoms with Gasteiger partial charge >= 0.3 is 6.01 Å². The molecule has 6 nitrogen and oxygen atoms in total. The Hall–Kier alpha value is -1.69. The van der Waals surface area contributed by atoms with E-state index < -0.39 is 5.60 Å². The number of likely N-dealkylation sites (tertiary alicyclic amines) is 1. The molecule has 1 amide bonds. The summed E-state index contributed by atoms with van der Waals surface area (Å²) in [5.41, 5.74) is 0.637. The summed E-state index contributed by atoms with van der Waals surface area (Å²) in [6, 6.07) is 2.14. The first-order valence-electron chi connectivity index (χ1n) is 7.73. The highest BCUT2D eigenvalue weighted by molar-refractivity contribution is 5.76. The van der Waals surface area contributed by atoms with Crippen LogP contribution in [0.15, 0.2) is 6.07 Å². The first kappa shape index (κ1) is 16.7. The van der Waals surface area contributed by atoms with Crippen LogP contribution in [0.2, 0.25) is 0 Å². The van der Waals surface area contributed by atoms with E-state index >= 15 is 0 Å². The summed E-state index contributed by atoms with van der Waals surface area (Å²) in [5.74, 6) is 0.412. The van der Waals surface area contributed by atoms with Crippen LogP contribution in [-0.2, 0) is 4.79 Å². The molecule has 0 spiro atoms. The van der Waals surface area contributed by atoms with Crippen molar-refractivity contribution in [3.8, 4) is 6.01 Å². The molecule has 6 heteroatoms. The monoisotopic (exact) mass is 307 g/mol. The van der Waals surface area contributed by atoms with Crippen LogP contribution in [0.5, 0.6) is 6.01 Å². The number of ether oxygens (including phenoxy) is 1. The fraction of sp³-hybridized carbons (Fsp3) is 0.688. The van der Waals surface area contributed by atoms with Gasteiger partial charge in [-0.1, -0.05) is 13.8 Å². The number of aromatic nitrogens is 2. The Labute approximate surface area is 131 Å². The van der Waals surface area contributed by atoms with Gasteiger partial charge in [-0.05, 0) is 32.3 Å². The van der Waals surface area contributed by atoms with Gasteiger partial charge in [-0.15, -0.1) is 0 Å². The summed E-state index contributed by atoms with van der Waals surface area (Å²) in [7, 11) is 0. The molecule has 122 valence electrons.